The largest absolute Gasteiger partial charge is 0.508 e. The molecule has 2 atom stereocenters. The predicted octanol–water partition coefficient (Wildman–Crippen LogP) is 1.80. The number of carbonyl (C=O) groups excluding carboxylic acids is 1. The van der Waals surface area contributed by atoms with Gasteiger partial charge in [-0.3, -0.25) is 4.79 Å². The average Bonchev–Trinajstić information content (AvgIpc) is 2.74. The monoisotopic (exact) mass is 454 g/mol. The first-order valence-electron chi connectivity index (χ1n) is 9.36. The van der Waals surface area contributed by atoms with Crippen LogP contribution in [0, 0.1) is 0 Å². The highest BCUT2D eigenvalue weighted by Gasteiger charge is 2.70. The van der Waals surface area contributed by atoms with Gasteiger partial charge in [0.15, 0.2) is 23.0 Å². The van der Waals surface area contributed by atoms with Crippen molar-refractivity contribution >= 4 is 11.8 Å². The summed E-state index contributed by atoms with van der Waals surface area (Å²) in [5.41, 5.74) is -0.930. The smallest absolute Gasteiger partial charge is 0.357 e. The van der Waals surface area contributed by atoms with Crippen molar-refractivity contribution in [2.24, 2.45) is 0 Å². The van der Waals surface area contributed by atoms with Gasteiger partial charge in [0.1, 0.15) is 22.8 Å². The zero-order valence-corrected chi connectivity index (χ0v) is 16.3. The Morgan fingerprint density at radius 2 is 1.48 bits per heavy atom. The van der Waals surface area contributed by atoms with Gasteiger partial charge in [0.2, 0.25) is 0 Å². The summed E-state index contributed by atoms with van der Waals surface area (Å²) in [5.74, 6) is -11.3. The molecular formula is C22H14O11. The molecule has 0 fully saturated rings. The van der Waals surface area contributed by atoms with Crippen molar-refractivity contribution < 1.29 is 54.4 Å². The second-order valence-corrected chi connectivity index (χ2v) is 7.40. The molecule has 33 heavy (non-hydrogen) atoms. The van der Waals surface area contributed by atoms with E-state index < -0.39 is 57.6 Å². The van der Waals surface area contributed by atoms with Gasteiger partial charge >= 0.3 is 17.5 Å². The average molecular weight is 454 g/mol. The Bertz CT molecular complexity index is 1360. The lowest BCUT2D eigenvalue weighted by atomic mass is 9.85. The maximum Gasteiger partial charge on any atom is 0.357 e. The zero-order chi connectivity index (χ0) is 23.7. The summed E-state index contributed by atoms with van der Waals surface area (Å²) in [6, 6.07) is 8.38. The topological polar surface area (TPSA) is 183 Å². The van der Waals surface area contributed by atoms with Crippen molar-refractivity contribution in [2.75, 3.05) is 0 Å². The molecule has 0 saturated heterocycles. The van der Waals surface area contributed by atoms with Crippen LogP contribution < -0.4 is 14.2 Å². The van der Waals surface area contributed by atoms with E-state index in [-0.39, 0.29) is 22.6 Å². The number of hydrogen-bond acceptors (Lipinski definition) is 10. The summed E-state index contributed by atoms with van der Waals surface area (Å²) in [7, 11) is 0. The number of ether oxygens (including phenoxy) is 3. The van der Waals surface area contributed by atoms with Gasteiger partial charge in [0, 0.05) is 17.7 Å². The molecule has 2 aliphatic rings. The summed E-state index contributed by atoms with van der Waals surface area (Å²) >= 11 is 0. The number of aliphatic hydroxyl groups is 1. The van der Waals surface area contributed by atoms with Crippen LogP contribution in [0.25, 0.3) is 0 Å². The molecule has 0 aliphatic carbocycles. The fraction of sp³-hybridized carbons (Fsp3) is 0.0909. The number of carboxylic acid groups (broad SMARTS) is 1. The Balaban J connectivity index is 1.81. The van der Waals surface area contributed by atoms with Crippen molar-refractivity contribution in [1.29, 1.82) is 0 Å². The third kappa shape index (κ3) is 2.66. The standard InChI is InChI=1S/C22H14O11/c23-11-7-14(26)18-17(8-11)33-22(10-2-3-12(24)13(25)6-10)21(30,19(18)27)31-15-4-1-9(20(28)29)5-16(15)32-22/h1-8,23-26,30H,(H,28,29)/t21-,22+/m0/s1. The number of carboxylic acids is 1. The number of benzene rings is 3. The molecule has 5 rings (SSSR count). The van der Waals surface area contributed by atoms with Gasteiger partial charge in [-0.05, 0) is 36.4 Å². The zero-order valence-electron chi connectivity index (χ0n) is 16.3. The number of rotatable bonds is 2. The van der Waals surface area contributed by atoms with E-state index in [2.05, 4.69) is 0 Å². The van der Waals surface area contributed by atoms with E-state index in [0.29, 0.717) is 0 Å². The Labute approximate surface area is 183 Å². The number of carbonyl (C=O) groups is 2. The Morgan fingerprint density at radius 1 is 0.758 bits per heavy atom. The van der Waals surface area contributed by atoms with Crippen molar-refractivity contribution in [3.05, 3.63) is 65.2 Å². The second-order valence-electron chi connectivity index (χ2n) is 7.40. The molecule has 0 aromatic heterocycles. The highest BCUT2D eigenvalue weighted by atomic mass is 16.8. The highest BCUT2D eigenvalue weighted by Crippen LogP contribution is 2.55. The summed E-state index contributed by atoms with van der Waals surface area (Å²) in [6.07, 6.45) is 0. The molecule has 2 heterocycles. The van der Waals surface area contributed by atoms with Crippen LogP contribution >= 0.6 is 0 Å². The van der Waals surface area contributed by atoms with Crippen LogP contribution in [0.4, 0.5) is 0 Å². The maximum atomic E-state index is 13.4. The van der Waals surface area contributed by atoms with Crippen LogP contribution in [0.5, 0.6) is 40.2 Å². The number of fused-ring (bicyclic) bond motifs is 3. The molecule has 0 saturated carbocycles. The molecule has 2 aliphatic heterocycles. The number of aromatic carboxylic acids is 1. The minimum atomic E-state index is -2.99. The number of aromatic hydroxyl groups is 4. The molecule has 11 nitrogen and oxygen atoms in total. The van der Waals surface area contributed by atoms with E-state index >= 15 is 0 Å². The summed E-state index contributed by atoms with van der Waals surface area (Å²) in [4.78, 5) is 24.8. The molecular weight excluding hydrogens is 440 g/mol. The molecule has 6 N–H and O–H groups in total. The van der Waals surface area contributed by atoms with Crippen LogP contribution in [-0.2, 0) is 5.79 Å². The number of Topliss-reactive ketones (excluding diaryl/α,β-unsaturated/α-hetero) is 1. The summed E-state index contributed by atoms with van der Waals surface area (Å²) < 4.78 is 17.3. The molecule has 168 valence electrons. The van der Waals surface area contributed by atoms with E-state index in [4.69, 9.17) is 14.2 Å². The highest BCUT2D eigenvalue weighted by molar-refractivity contribution is 6.08. The molecule has 0 bridgehead atoms. The van der Waals surface area contributed by atoms with Crippen molar-refractivity contribution in [1.82, 2.24) is 0 Å². The Kier molecular flexibility index (Phi) is 3.95. The predicted molar refractivity (Wildman–Crippen MR) is 106 cm³/mol. The van der Waals surface area contributed by atoms with Gasteiger partial charge in [-0.1, -0.05) is 0 Å². The maximum absolute atomic E-state index is 13.4. The lowest BCUT2D eigenvalue weighted by Gasteiger charge is -2.49. The molecule has 0 spiro atoms. The number of ketones is 1. The van der Waals surface area contributed by atoms with Gasteiger partial charge in [0.25, 0.3) is 5.78 Å². The van der Waals surface area contributed by atoms with Crippen LogP contribution in [-0.4, -0.2) is 48.2 Å². The first-order chi connectivity index (χ1) is 15.6. The fourth-order valence-corrected chi connectivity index (χ4v) is 3.80. The Hall–Kier alpha value is -4.64. The summed E-state index contributed by atoms with van der Waals surface area (Å²) in [5, 5.41) is 60.7. The molecule has 11 heteroatoms. The van der Waals surface area contributed by atoms with Crippen LogP contribution in [0.2, 0.25) is 0 Å². The number of hydrogen-bond donors (Lipinski definition) is 6. The normalized spacial score (nSPS) is 22.6. The third-order valence-electron chi connectivity index (χ3n) is 5.36. The minimum Gasteiger partial charge on any atom is -0.508 e. The molecule has 3 aromatic rings. The lowest BCUT2D eigenvalue weighted by Crippen LogP contribution is -2.70. The molecule has 3 aromatic carbocycles. The van der Waals surface area contributed by atoms with E-state index in [0.717, 1.165) is 48.5 Å². The quantitative estimate of drug-likeness (QED) is 0.310. The third-order valence-corrected chi connectivity index (χ3v) is 5.36. The fourth-order valence-electron chi connectivity index (χ4n) is 3.80. The van der Waals surface area contributed by atoms with Gasteiger partial charge in [0.05, 0.1) is 5.56 Å². The Morgan fingerprint density at radius 3 is 2.18 bits per heavy atom. The van der Waals surface area contributed by atoms with Crippen LogP contribution in [0.1, 0.15) is 26.3 Å². The first-order valence-corrected chi connectivity index (χ1v) is 9.36. The molecule has 0 unspecified atom stereocenters. The SMILES string of the molecule is O=C(O)c1ccc2c(c1)O[C@]1(c3ccc(O)c(O)c3)Oc3cc(O)cc(O)c3C(=O)[C@]1(O)O2. The van der Waals surface area contributed by atoms with Crippen molar-refractivity contribution in [2.45, 2.75) is 11.6 Å². The van der Waals surface area contributed by atoms with E-state index in [1.54, 1.807) is 0 Å². The van der Waals surface area contributed by atoms with E-state index in [9.17, 15) is 40.2 Å². The van der Waals surface area contributed by atoms with Crippen molar-refractivity contribution in [3.8, 4) is 40.2 Å². The first kappa shape index (κ1) is 20.3. The van der Waals surface area contributed by atoms with Gasteiger partial charge in [-0.25, -0.2) is 4.79 Å². The lowest BCUT2D eigenvalue weighted by molar-refractivity contribution is -0.316. The van der Waals surface area contributed by atoms with Gasteiger partial charge in [-0.2, -0.15) is 0 Å². The molecule has 0 amide bonds. The van der Waals surface area contributed by atoms with E-state index in [1.165, 1.54) is 0 Å². The van der Waals surface area contributed by atoms with E-state index in [1.807, 2.05) is 0 Å². The minimum absolute atomic E-state index is 0.204. The number of phenols is 4. The summed E-state index contributed by atoms with van der Waals surface area (Å²) in [6.45, 7) is 0. The number of phenolic OH excluding ortho intramolecular Hbond substituents is 4. The second kappa shape index (κ2) is 6.43. The van der Waals surface area contributed by atoms with Gasteiger partial charge < -0.3 is 44.8 Å². The molecule has 0 radical (unpaired) electrons. The van der Waals surface area contributed by atoms with Gasteiger partial charge in [-0.15, -0.1) is 0 Å². The van der Waals surface area contributed by atoms with Crippen molar-refractivity contribution in [3.63, 3.8) is 0 Å². The van der Waals surface area contributed by atoms with Crippen LogP contribution in [0.3, 0.4) is 0 Å². The van der Waals surface area contributed by atoms with Crippen LogP contribution in [0.15, 0.2) is 48.5 Å².